The molecule has 0 saturated carbocycles. The molecule has 14 heavy (non-hydrogen) atoms. The quantitative estimate of drug-likeness (QED) is 0.622. The molecule has 2 saturated heterocycles. The second kappa shape index (κ2) is 3.87. The zero-order chi connectivity index (χ0) is 10.1. The van der Waals surface area contributed by atoms with Gasteiger partial charge in [0.05, 0.1) is 25.2 Å². The average molecular weight is 200 g/mol. The van der Waals surface area contributed by atoms with E-state index in [-0.39, 0.29) is 30.2 Å². The Morgan fingerprint density at radius 3 is 3.07 bits per heavy atom. The molecule has 2 heterocycles. The summed E-state index contributed by atoms with van der Waals surface area (Å²) in [4.78, 5) is 11.6. The van der Waals surface area contributed by atoms with Crippen LogP contribution in [0, 0.1) is 11.8 Å². The minimum atomic E-state index is -0.181. The maximum Gasteiger partial charge on any atom is 0.312 e. The average Bonchev–Trinajstić information content (AvgIpc) is 2.63. The Hall–Kier alpha value is -0.610. The van der Waals surface area contributed by atoms with E-state index in [0.29, 0.717) is 13.2 Å². The molecule has 4 nitrogen and oxygen atoms in total. The lowest BCUT2D eigenvalue weighted by Gasteiger charge is -2.16. The largest absolute Gasteiger partial charge is 0.466 e. The fourth-order valence-corrected chi connectivity index (χ4v) is 2.32. The first kappa shape index (κ1) is 9.93. The summed E-state index contributed by atoms with van der Waals surface area (Å²) in [7, 11) is 0. The van der Waals surface area contributed by atoms with Gasteiger partial charge in [-0.1, -0.05) is 0 Å². The van der Waals surface area contributed by atoms with Crippen molar-refractivity contribution < 1.29 is 19.0 Å². The van der Waals surface area contributed by atoms with Crippen LogP contribution in [0.3, 0.4) is 0 Å². The van der Waals surface area contributed by atoms with Crippen LogP contribution < -0.4 is 0 Å². The highest BCUT2D eigenvalue weighted by molar-refractivity contribution is 5.74. The fraction of sp³-hybridized carbons (Fsp3) is 0.900. The number of carbonyl (C=O) groups is 1. The predicted molar refractivity (Wildman–Crippen MR) is 48.5 cm³/mol. The van der Waals surface area contributed by atoms with Gasteiger partial charge >= 0.3 is 5.97 Å². The first-order valence-electron chi connectivity index (χ1n) is 5.17. The van der Waals surface area contributed by atoms with E-state index >= 15 is 0 Å². The SMILES string of the molecule is CCOC(=O)[C@H]1[C@H]2CCO[C@@H]2O[C@H]1C. The van der Waals surface area contributed by atoms with Crippen molar-refractivity contribution in [2.75, 3.05) is 13.2 Å². The van der Waals surface area contributed by atoms with E-state index in [0.717, 1.165) is 6.42 Å². The van der Waals surface area contributed by atoms with Crippen molar-refractivity contribution in [2.24, 2.45) is 11.8 Å². The Morgan fingerprint density at radius 1 is 1.57 bits per heavy atom. The van der Waals surface area contributed by atoms with Crippen molar-refractivity contribution >= 4 is 5.97 Å². The highest BCUT2D eigenvalue weighted by Crippen LogP contribution is 2.40. The highest BCUT2D eigenvalue weighted by Gasteiger charge is 2.50. The van der Waals surface area contributed by atoms with Crippen LogP contribution >= 0.6 is 0 Å². The van der Waals surface area contributed by atoms with Crippen LogP contribution in [-0.4, -0.2) is 31.6 Å². The lowest BCUT2D eigenvalue weighted by molar-refractivity contribution is -0.151. The molecule has 0 aromatic heterocycles. The molecule has 0 spiro atoms. The summed E-state index contributed by atoms with van der Waals surface area (Å²) < 4.78 is 15.9. The lowest BCUT2D eigenvalue weighted by atomic mass is 9.89. The topological polar surface area (TPSA) is 44.8 Å². The van der Waals surface area contributed by atoms with Crippen LogP contribution in [0.5, 0.6) is 0 Å². The Kier molecular flexibility index (Phi) is 2.74. The Morgan fingerprint density at radius 2 is 2.36 bits per heavy atom. The van der Waals surface area contributed by atoms with E-state index in [1.54, 1.807) is 0 Å². The van der Waals surface area contributed by atoms with Crippen molar-refractivity contribution in [1.82, 2.24) is 0 Å². The minimum Gasteiger partial charge on any atom is -0.466 e. The molecular formula is C10H16O4. The highest BCUT2D eigenvalue weighted by atomic mass is 16.7. The standard InChI is InChI=1S/C10H16O4/c1-3-12-9(11)8-6(2)14-10-7(8)4-5-13-10/h6-8,10H,3-5H2,1-2H3/t6-,7+,8+,10+/m0/s1. The minimum absolute atomic E-state index is 0.0793. The molecule has 0 amide bonds. The summed E-state index contributed by atoms with van der Waals surface area (Å²) in [5.74, 6) is -0.0792. The molecule has 0 aromatic rings. The van der Waals surface area contributed by atoms with Crippen LogP contribution in [0.4, 0.5) is 0 Å². The summed E-state index contributed by atoms with van der Waals surface area (Å²) >= 11 is 0. The number of ether oxygens (including phenoxy) is 3. The van der Waals surface area contributed by atoms with Gasteiger partial charge in [0, 0.05) is 5.92 Å². The van der Waals surface area contributed by atoms with Gasteiger partial charge in [-0.25, -0.2) is 0 Å². The third-order valence-corrected chi connectivity index (χ3v) is 2.96. The van der Waals surface area contributed by atoms with Gasteiger partial charge in [-0.2, -0.15) is 0 Å². The van der Waals surface area contributed by atoms with E-state index in [1.165, 1.54) is 0 Å². The summed E-state index contributed by atoms with van der Waals surface area (Å²) in [6.45, 7) is 4.85. The number of hydrogen-bond acceptors (Lipinski definition) is 4. The van der Waals surface area contributed by atoms with Crippen molar-refractivity contribution in [2.45, 2.75) is 32.7 Å². The monoisotopic (exact) mass is 200 g/mol. The van der Waals surface area contributed by atoms with E-state index in [2.05, 4.69) is 0 Å². The van der Waals surface area contributed by atoms with Crippen LogP contribution in [-0.2, 0) is 19.0 Å². The first-order valence-corrected chi connectivity index (χ1v) is 5.17. The van der Waals surface area contributed by atoms with Crippen LogP contribution in [0.15, 0.2) is 0 Å². The van der Waals surface area contributed by atoms with Gasteiger partial charge in [0.2, 0.25) is 0 Å². The summed E-state index contributed by atoms with van der Waals surface area (Å²) in [6, 6.07) is 0. The van der Waals surface area contributed by atoms with Crippen molar-refractivity contribution in [3.05, 3.63) is 0 Å². The van der Waals surface area contributed by atoms with Crippen molar-refractivity contribution in [1.29, 1.82) is 0 Å². The molecule has 0 aliphatic carbocycles. The Labute approximate surface area is 83.5 Å². The van der Waals surface area contributed by atoms with Gasteiger partial charge in [0.25, 0.3) is 0 Å². The molecule has 0 N–H and O–H groups in total. The first-order chi connectivity index (χ1) is 6.74. The number of rotatable bonds is 2. The molecule has 0 aromatic carbocycles. The Balaban J connectivity index is 2.05. The Bertz CT molecular complexity index is 228. The molecule has 0 unspecified atom stereocenters. The molecular weight excluding hydrogens is 184 g/mol. The molecule has 2 aliphatic rings. The molecule has 4 heteroatoms. The van der Waals surface area contributed by atoms with Crippen LogP contribution in [0.2, 0.25) is 0 Å². The van der Waals surface area contributed by atoms with Crippen molar-refractivity contribution in [3.63, 3.8) is 0 Å². The van der Waals surface area contributed by atoms with Crippen LogP contribution in [0.25, 0.3) is 0 Å². The molecule has 2 fully saturated rings. The van der Waals surface area contributed by atoms with E-state index < -0.39 is 0 Å². The van der Waals surface area contributed by atoms with Gasteiger partial charge in [-0.3, -0.25) is 4.79 Å². The molecule has 80 valence electrons. The van der Waals surface area contributed by atoms with Gasteiger partial charge in [-0.05, 0) is 20.3 Å². The van der Waals surface area contributed by atoms with E-state index in [4.69, 9.17) is 14.2 Å². The molecule has 2 aliphatic heterocycles. The maximum absolute atomic E-state index is 11.6. The smallest absolute Gasteiger partial charge is 0.312 e. The number of carbonyl (C=O) groups excluding carboxylic acids is 1. The van der Waals surface area contributed by atoms with E-state index in [9.17, 15) is 4.79 Å². The maximum atomic E-state index is 11.6. The van der Waals surface area contributed by atoms with Gasteiger partial charge in [0.1, 0.15) is 0 Å². The van der Waals surface area contributed by atoms with Crippen molar-refractivity contribution in [3.8, 4) is 0 Å². The van der Waals surface area contributed by atoms with Gasteiger partial charge < -0.3 is 14.2 Å². The summed E-state index contributed by atoms with van der Waals surface area (Å²) in [6.07, 6.45) is 0.641. The van der Waals surface area contributed by atoms with Crippen LogP contribution in [0.1, 0.15) is 20.3 Å². The van der Waals surface area contributed by atoms with Gasteiger partial charge in [-0.15, -0.1) is 0 Å². The third-order valence-electron chi connectivity index (χ3n) is 2.96. The predicted octanol–water partition coefficient (Wildman–Crippen LogP) is 0.947. The fourth-order valence-electron chi connectivity index (χ4n) is 2.32. The number of esters is 1. The summed E-state index contributed by atoms with van der Waals surface area (Å²) in [5.41, 5.74) is 0. The molecule has 0 bridgehead atoms. The second-order valence-corrected chi connectivity index (χ2v) is 3.81. The number of fused-ring (bicyclic) bond motifs is 1. The zero-order valence-electron chi connectivity index (χ0n) is 8.56. The van der Waals surface area contributed by atoms with E-state index in [1.807, 2.05) is 13.8 Å². The normalized spacial score (nSPS) is 41.0. The molecule has 0 radical (unpaired) electrons. The van der Waals surface area contributed by atoms with Gasteiger partial charge in [0.15, 0.2) is 6.29 Å². The third kappa shape index (κ3) is 1.53. The second-order valence-electron chi connectivity index (χ2n) is 3.81. The molecule has 4 atom stereocenters. The summed E-state index contributed by atoms with van der Waals surface area (Å²) in [5, 5.41) is 0. The lowest BCUT2D eigenvalue weighted by Crippen LogP contribution is -2.29. The zero-order valence-corrected chi connectivity index (χ0v) is 8.56. The number of hydrogen-bond donors (Lipinski definition) is 0. The molecule has 2 rings (SSSR count).